The van der Waals surface area contributed by atoms with Gasteiger partial charge in [0.15, 0.2) is 0 Å². The fourth-order valence-corrected chi connectivity index (χ4v) is 2.97. The van der Waals surface area contributed by atoms with E-state index in [0.717, 1.165) is 22.3 Å². The second-order valence-electron chi connectivity index (χ2n) is 4.68. The Bertz CT molecular complexity index is 549. The quantitative estimate of drug-likeness (QED) is 0.914. The number of aryl methyl sites for hydroxylation is 3. The van der Waals surface area contributed by atoms with Gasteiger partial charge in [-0.3, -0.25) is 5.10 Å². The lowest BCUT2D eigenvalue weighted by Gasteiger charge is -2.09. The van der Waals surface area contributed by atoms with Gasteiger partial charge in [-0.2, -0.15) is 5.10 Å². The van der Waals surface area contributed by atoms with E-state index in [-0.39, 0.29) is 0 Å². The molecule has 0 saturated carbocycles. The Kier molecular flexibility index (Phi) is 3.88. The van der Waals surface area contributed by atoms with Crippen LogP contribution >= 0.6 is 15.9 Å². The summed E-state index contributed by atoms with van der Waals surface area (Å²) in [6.45, 7) is 6.98. The fourth-order valence-electron chi connectivity index (χ4n) is 2.39. The molecule has 0 unspecified atom stereocenters. The molecule has 1 aromatic heterocycles. The van der Waals surface area contributed by atoms with Crippen LogP contribution in [0.1, 0.15) is 22.4 Å². The SMILES string of the molecule is Cc1cc(C)c(-c2n[nH]c(CCN)c2Br)c(C)c1. The molecule has 1 heterocycles. The number of aromatic amines is 1. The van der Waals surface area contributed by atoms with Crippen molar-refractivity contribution < 1.29 is 0 Å². The molecule has 96 valence electrons. The highest BCUT2D eigenvalue weighted by molar-refractivity contribution is 9.10. The van der Waals surface area contributed by atoms with Gasteiger partial charge in [0, 0.05) is 12.0 Å². The van der Waals surface area contributed by atoms with Crippen LogP contribution in [0.25, 0.3) is 11.3 Å². The average molecular weight is 308 g/mol. The van der Waals surface area contributed by atoms with Crippen molar-refractivity contribution in [3.8, 4) is 11.3 Å². The summed E-state index contributed by atoms with van der Waals surface area (Å²) in [7, 11) is 0. The molecule has 2 rings (SSSR count). The third kappa shape index (κ3) is 2.35. The van der Waals surface area contributed by atoms with Gasteiger partial charge in [-0.15, -0.1) is 0 Å². The minimum atomic E-state index is 0.617. The van der Waals surface area contributed by atoms with Crippen LogP contribution in [-0.2, 0) is 6.42 Å². The van der Waals surface area contributed by atoms with Crippen LogP contribution in [0, 0.1) is 20.8 Å². The lowest BCUT2D eigenvalue weighted by molar-refractivity contribution is 0.898. The van der Waals surface area contributed by atoms with E-state index in [1.54, 1.807) is 0 Å². The number of benzene rings is 1. The third-order valence-corrected chi connectivity index (χ3v) is 3.94. The molecule has 0 bridgehead atoms. The first kappa shape index (κ1) is 13.3. The van der Waals surface area contributed by atoms with Crippen LogP contribution in [0.4, 0.5) is 0 Å². The van der Waals surface area contributed by atoms with Crippen LogP contribution < -0.4 is 5.73 Å². The molecular weight excluding hydrogens is 290 g/mol. The maximum Gasteiger partial charge on any atom is 0.107 e. The molecule has 0 amide bonds. The van der Waals surface area contributed by atoms with Gasteiger partial charge in [0.2, 0.25) is 0 Å². The number of hydrogen-bond donors (Lipinski definition) is 2. The Morgan fingerprint density at radius 2 is 1.83 bits per heavy atom. The van der Waals surface area contributed by atoms with Crippen molar-refractivity contribution in [3.05, 3.63) is 39.0 Å². The first-order valence-electron chi connectivity index (χ1n) is 6.05. The van der Waals surface area contributed by atoms with Gasteiger partial charge in [-0.25, -0.2) is 0 Å². The number of hydrogen-bond acceptors (Lipinski definition) is 2. The molecule has 0 aliphatic heterocycles. The molecule has 0 aliphatic carbocycles. The first-order chi connectivity index (χ1) is 8.54. The Morgan fingerprint density at radius 1 is 1.22 bits per heavy atom. The molecular formula is C14H18BrN3. The molecule has 0 fully saturated rings. The Balaban J connectivity index is 2.56. The maximum absolute atomic E-state index is 5.59. The number of aromatic nitrogens is 2. The highest BCUT2D eigenvalue weighted by Gasteiger charge is 2.15. The predicted octanol–water partition coefficient (Wildman–Crippen LogP) is 3.27. The van der Waals surface area contributed by atoms with Crippen LogP contribution in [0.15, 0.2) is 16.6 Å². The summed E-state index contributed by atoms with van der Waals surface area (Å²) in [4.78, 5) is 0. The van der Waals surface area contributed by atoms with Crippen molar-refractivity contribution in [1.29, 1.82) is 0 Å². The van der Waals surface area contributed by atoms with E-state index < -0.39 is 0 Å². The Labute approximate surface area is 116 Å². The van der Waals surface area contributed by atoms with E-state index >= 15 is 0 Å². The predicted molar refractivity (Wildman–Crippen MR) is 78.7 cm³/mol. The number of halogens is 1. The van der Waals surface area contributed by atoms with E-state index in [1.165, 1.54) is 22.3 Å². The lowest BCUT2D eigenvalue weighted by Crippen LogP contribution is -2.03. The van der Waals surface area contributed by atoms with Gasteiger partial charge in [0.25, 0.3) is 0 Å². The van der Waals surface area contributed by atoms with Crippen LogP contribution in [0.2, 0.25) is 0 Å². The highest BCUT2D eigenvalue weighted by atomic mass is 79.9. The molecule has 3 N–H and O–H groups in total. The summed E-state index contributed by atoms with van der Waals surface area (Å²) < 4.78 is 1.03. The largest absolute Gasteiger partial charge is 0.330 e. The molecule has 3 nitrogen and oxygen atoms in total. The second kappa shape index (κ2) is 5.24. The van der Waals surface area contributed by atoms with Gasteiger partial charge >= 0.3 is 0 Å². The Morgan fingerprint density at radius 3 is 2.39 bits per heavy atom. The van der Waals surface area contributed by atoms with Crippen LogP contribution in [-0.4, -0.2) is 16.7 Å². The lowest BCUT2D eigenvalue weighted by atomic mass is 9.97. The van der Waals surface area contributed by atoms with E-state index in [1.807, 2.05) is 0 Å². The van der Waals surface area contributed by atoms with Crippen molar-refractivity contribution in [2.45, 2.75) is 27.2 Å². The number of rotatable bonds is 3. The van der Waals surface area contributed by atoms with E-state index in [0.29, 0.717) is 6.54 Å². The zero-order valence-electron chi connectivity index (χ0n) is 11.0. The van der Waals surface area contributed by atoms with Gasteiger partial charge in [0.1, 0.15) is 5.69 Å². The molecule has 4 heteroatoms. The summed E-state index contributed by atoms with van der Waals surface area (Å²) in [5, 5.41) is 7.49. The summed E-state index contributed by atoms with van der Waals surface area (Å²) >= 11 is 3.63. The molecule has 0 radical (unpaired) electrons. The zero-order chi connectivity index (χ0) is 13.3. The van der Waals surface area contributed by atoms with E-state index in [2.05, 4.69) is 59.0 Å². The van der Waals surface area contributed by atoms with Crippen LogP contribution in [0.3, 0.4) is 0 Å². The summed E-state index contributed by atoms with van der Waals surface area (Å²) in [5.74, 6) is 0. The van der Waals surface area contributed by atoms with Crippen LogP contribution in [0.5, 0.6) is 0 Å². The second-order valence-corrected chi connectivity index (χ2v) is 5.47. The average Bonchev–Trinajstić information content (AvgIpc) is 2.61. The number of nitrogens with zero attached hydrogens (tertiary/aromatic N) is 1. The number of nitrogens with two attached hydrogens (primary N) is 1. The summed E-state index contributed by atoms with van der Waals surface area (Å²) in [6.07, 6.45) is 0.803. The van der Waals surface area contributed by atoms with Gasteiger partial charge < -0.3 is 5.73 Å². The minimum absolute atomic E-state index is 0.617. The van der Waals surface area contributed by atoms with Gasteiger partial charge in [-0.05, 0) is 54.4 Å². The smallest absolute Gasteiger partial charge is 0.107 e. The highest BCUT2D eigenvalue weighted by Crippen LogP contribution is 2.34. The first-order valence-corrected chi connectivity index (χ1v) is 6.85. The number of H-pyrrole nitrogens is 1. The minimum Gasteiger partial charge on any atom is -0.330 e. The maximum atomic E-state index is 5.59. The molecule has 0 atom stereocenters. The van der Waals surface area contributed by atoms with Crippen molar-refractivity contribution in [3.63, 3.8) is 0 Å². The monoisotopic (exact) mass is 307 g/mol. The van der Waals surface area contributed by atoms with E-state index in [4.69, 9.17) is 5.73 Å². The van der Waals surface area contributed by atoms with Crippen molar-refractivity contribution >= 4 is 15.9 Å². The summed E-state index contributed by atoms with van der Waals surface area (Å²) in [5.41, 5.74) is 12.6. The number of nitrogens with one attached hydrogen (secondary N) is 1. The molecule has 18 heavy (non-hydrogen) atoms. The standard InChI is InChI=1S/C14H18BrN3/c1-8-6-9(2)12(10(3)7-8)14-13(15)11(4-5-16)17-18-14/h6-7H,4-5,16H2,1-3H3,(H,17,18). The van der Waals surface area contributed by atoms with E-state index in [9.17, 15) is 0 Å². The fraction of sp³-hybridized carbons (Fsp3) is 0.357. The molecule has 1 aromatic carbocycles. The topological polar surface area (TPSA) is 54.7 Å². The molecule has 0 saturated heterocycles. The molecule has 0 aliphatic rings. The molecule has 2 aromatic rings. The van der Waals surface area contributed by atoms with Gasteiger partial charge in [0.05, 0.1) is 10.2 Å². The zero-order valence-corrected chi connectivity index (χ0v) is 12.6. The van der Waals surface area contributed by atoms with Crippen molar-refractivity contribution in [2.24, 2.45) is 5.73 Å². The third-order valence-electron chi connectivity index (χ3n) is 3.08. The van der Waals surface area contributed by atoms with Crippen molar-refractivity contribution in [2.75, 3.05) is 6.54 Å². The normalized spacial score (nSPS) is 10.9. The summed E-state index contributed by atoms with van der Waals surface area (Å²) in [6, 6.07) is 4.37. The van der Waals surface area contributed by atoms with Gasteiger partial charge in [-0.1, -0.05) is 17.7 Å². The van der Waals surface area contributed by atoms with Crippen molar-refractivity contribution in [1.82, 2.24) is 10.2 Å². The Hall–Kier alpha value is -1.13. The molecule has 0 spiro atoms.